The lowest BCUT2D eigenvalue weighted by molar-refractivity contribution is -0.116. The summed E-state index contributed by atoms with van der Waals surface area (Å²) in [6, 6.07) is 14.3. The van der Waals surface area contributed by atoms with Crippen molar-refractivity contribution in [1.29, 1.82) is 0 Å². The van der Waals surface area contributed by atoms with E-state index in [4.69, 9.17) is 4.74 Å². The van der Waals surface area contributed by atoms with Gasteiger partial charge in [0, 0.05) is 12.6 Å². The molecule has 0 saturated heterocycles. The highest BCUT2D eigenvalue weighted by molar-refractivity contribution is 5.87. The highest BCUT2D eigenvalue weighted by Gasteiger charge is 2.04. The second-order valence-corrected chi connectivity index (χ2v) is 6.12. The lowest BCUT2D eigenvalue weighted by Gasteiger charge is -2.11. The number of carbonyl (C=O) groups excluding carboxylic acids is 2. The summed E-state index contributed by atoms with van der Waals surface area (Å²) in [5.41, 5.74) is 4.35. The number of allylic oxidation sites excluding steroid dienone is 3. The zero-order chi connectivity index (χ0) is 19.5. The van der Waals surface area contributed by atoms with E-state index in [2.05, 4.69) is 30.4 Å². The summed E-state index contributed by atoms with van der Waals surface area (Å²) in [6.07, 6.45) is 7.40. The molecule has 140 valence electrons. The number of carbonyl (C=O) groups is 2. The standard InChI is InChI=1S/C23H25NO3/c1-3-15-27-22-16-21(11-8-18(22)2)20-12-9-19(10-13-20)17-24-23(26)7-5-4-6-14-25/h4-14,16H,3,15,17H2,1-2H3,(H,24,26)/b6-4-,7-5+. The highest BCUT2D eigenvalue weighted by Crippen LogP contribution is 2.27. The molecule has 0 radical (unpaired) electrons. The molecule has 0 heterocycles. The Hall–Kier alpha value is -3.14. The first-order valence-corrected chi connectivity index (χ1v) is 9.03. The van der Waals surface area contributed by atoms with E-state index in [1.165, 1.54) is 24.3 Å². The van der Waals surface area contributed by atoms with Crippen molar-refractivity contribution in [3.63, 3.8) is 0 Å². The number of hydrogen-bond acceptors (Lipinski definition) is 3. The van der Waals surface area contributed by atoms with Gasteiger partial charge in [-0.05, 0) is 47.7 Å². The Labute approximate surface area is 160 Å². The third-order valence-corrected chi connectivity index (χ3v) is 3.95. The van der Waals surface area contributed by atoms with E-state index in [9.17, 15) is 9.59 Å². The minimum atomic E-state index is -0.203. The first-order chi connectivity index (χ1) is 13.1. The molecule has 2 aromatic carbocycles. The minimum absolute atomic E-state index is 0.203. The van der Waals surface area contributed by atoms with Gasteiger partial charge < -0.3 is 10.1 Å². The Morgan fingerprint density at radius 3 is 2.48 bits per heavy atom. The molecule has 2 aromatic rings. The summed E-state index contributed by atoms with van der Waals surface area (Å²) in [5.74, 6) is 0.715. The normalized spacial score (nSPS) is 11.0. The molecule has 27 heavy (non-hydrogen) atoms. The Morgan fingerprint density at radius 1 is 1.04 bits per heavy atom. The van der Waals surface area contributed by atoms with Gasteiger partial charge in [0.15, 0.2) is 0 Å². The van der Waals surface area contributed by atoms with Gasteiger partial charge in [-0.3, -0.25) is 9.59 Å². The van der Waals surface area contributed by atoms with Crippen molar-refractivity contribution in [1.82, 2.24) is 5.32 Å². The van der Waals surface area contributed by atoms with Crippen molar-refractivity contribution >= 4 is 12.2 Å². The first kappa shape index (κ1) is 20.2. The number of benzene rings is 2. The average molecular weight is 363 g/mol. The van der Waals surface area contributed by atoms with Crippen LogP contribution < -0.4 is 10.1 Å². The molecule has 0 unspecified atom stereocenters. The fraction of sp³-hybridized carbons (Fsp3) is 0.217. The quantitative estimate of drug-likeness (QED) is 0.409. The van der Waals surface area contributed by atoms with Crippen LogP contribution in [0.1, 0.15) is 24.5 Å². The van der Waals surface area contributed by atoms with Crippen LogP contribution >= 0.6 is 0 Å². The number of rotatable bonds is 9. The van der Waals surface area contributed by atoms with Gasteiger partial charge in [0.05, 0.1) is 6.61 Å². The van der Waals surface area contributed by atoms with Crippen molar-refractivity contribution in [3.05, 3.63) is 77.9 Å². The third kappa shape index (κ3) is 6.59. The summed E-state index contributed by atoms with van der Waals surface area (Å²) in [7, 11) is 0. The van der Waals surface area contributed by atoms with Crippen molar-refractivity contribution in [2.24, 2.45) is 0 Å². The fourth-order valence-corrected chi connectivity index (χ4v) is 2.46. The van der Waals surface area contributed by atoms with Crippen LogP contribution in [0.4, 0.5) is 0 Å². The molecule has 1 amide bonds. The molecule has 1 N–H and O–H groups in total. The lowest BCUT2D eigenvalue weighted by Crippen LogP contribution is -2.20. The Bertz CT molecular complexity index is 820. The maximum atomic E-state index is 11.7. The van der Waals surface area contributed by atoms with Crippen LogP contribution in [0.25, 0.3) is 11.1 Å². The Kier molecular flexibility index (Phi) is 8.04. The maximum absolute atomic E-state index is 11.7. The molecule has 0 aliphatic heterocycles. The third-order valence-electron chi connectivity index (χ3n) is 3.95. The molecule has 0 bridgehead atoms. The smallest absolute Gasteiger partial charge is 0.244 e. The summed E-state index contributed by atoms with van der Waals surface area (Å²) in [6.45, 7) is 5.29. The summed E-state index contributed by atoms with van der Waals surface area (Å²) in [5, 5.41) is 2.81. The van der Waals surface area contributed by atoms with Crippen molar-refractivity contribution in [2.75, 3.05) is 6.61 Å². The monoisotopic (exact) mass is 363 g/mol. The number of hydrogen-bond donors (Lipinski definition) is 1. The van der Waals surface area contributed by atoms with Crippen LogP contribution in [0.3, 0.4) is 0 Å². The summed E-state index contributed by atoms with van der Waals surface area (Å²) in [4.78, 5) is 21.8. The van der Waals surface area contributed by atoms with E-state index in [0.717, 1.165) is 34.4 Å². The molecule has 2 rings (SSSR count). The molecule has 0 fully saturated rings. The molecule has 4 nitrogen and oxygen atoms in total. The van der Waals surface area contributed by atoms with E-state index < -0.39 is 0 Å². The van der Waals surface area contributed by atoms with Crippen molar-refractivity contribution < 1.29 is 14.3 Å². The molecular weight excluding hydrogens is 338 g/mol. The van der Waals surface area contributed by atoms with Crippen molar-refractivity contribution in [2.45, 2.75) is 26.8 Å². The summed E-state index contributed by atoms with van der Waals surface area (Å²) < 4.78 is 5.81. The zero-order valence-electron chi connectivity index (χ0n) is 15.8. The second kappa shape index (κ2) is 10.8. The highest BCUT2D eigenvalue weighted by atomic mass is 16.5. The van der Waals surface area contributed by atoms with Gasteiger partial charge in [-0.1, -0.05) is 55.5 Å². The Morgan fingerprint density at radius 2 is 1.78 bits per heavy atom. The lowest BCUT2D eigenvalue weighted by atomic mass is 10.0. The van der Waals surface area contributed by atoms with E-state index in [1.807, 2.05) is 31.2 Å². The van der Waals surface area contributed by atoms with Gasteiger partial charge in [-0.25, -0.2) is 0 Å². The summed E-state index contributed by atoms with van der Waals surface area (Å²) >= 11 is 0. The van der Waals surface area contributed by atoms with Gasteiger partial charge in [0.25, 0.3) is 0 Å². The van der Waals surface area contributed by atoms with Gasteiger partial charge in [-0.15, -0.1) is 0 Å². The van der Waals surface area contributed by atoms with Crippen LogP contribution in [-0.2, 0) is 16.1 Å². The molecule has 0 atom stereocenters. The minimum Gasteiger partial charge on any atom is -0.493 e. The predicted molar refractivity (Wildman–Crippen MR) is 109 cm³/mol. The molecule has 0 aliphatic carbocycles. The SMILES string of the molecule is CCCOc1cc(-c2ccc(CNC(=O)/C=C/C=C\C=O)cc2)ccc1C. The Balaban J connectivity index is 1.98. The molecule has 4 heteroatoms. The van der Waals surface area contributed by atoms with Crippen molar-refractivity contribution in [3.8, 4) is 16.9 Å². The predicted octanol–water partition coefficient (Wildman–Crippen LogP) is 4.38. The van der Waals surface area contributed by atoms with E-state index in [0.29, 0.717) is 19.4 Å². The number of aldehydes is 1. The number of aryl methyl sites for hydroxylation is 1. The van der Waals surface area contributed by atoms with E-state index in [1.54, 1.807) is 0 Å². The van der Waals surface area contributed by atoms with Gasteiger partial charge >= 0.3 is 0 Å². The van der Waals surface area contributed by atoms with Crippen LogP contribution in [0.2, 0.25) is 0 Å². The molecule has 0 aliphatic rings. The number of ether oxygens (including phenoxy) is 1. The fourth-order valence-electron chi connectivity index (χ4n) is 2.46. The first-order valence-electron chi connectivity index (χ1n) is 9.03. The average Bonchev–Trinajstić information content (AvgIpc) is 2.69. The van der Waals surface area contributed by atoms with Crippen LogP contribution in [0.15, 0.2) is 66.8 Å². The van der Waals surface area contributed by atoms with Gasteiger partial charge in [0.2, 0.25) is 5.91 Å². The largest absolute Gasteiger partial charge is 0.493 e. The van der Waals surface area contributed by atoms with Crippen LogP contribution in [0, 0.1) is 6.92 Å². The van der Waals surface area contributed by atoms with E-state index in [-0.39, 0.29) is 5.91 Å². The molecule has 0 spiro atoms. The van der Waals surface area contributed by atoms with Gasteiger partial charge in [-0.2, -0.15) is 0 Å². The maximum Gasteiger partial charge on any atom is 0.244 e. The number of amides is 1. The van der Waals surface area contributed by atoms with Crippen LogP contribution in [-0.4, -0.2) is 18.8 Å². The number of nitrogens with one attached hydrogen (secondary N) is 1. The van der Waals surface area contributed by atoms with E-state index >= 15 is 0 Å². The van der Waals surface area contributed by atoms with Crippen LogP contribution in [0.5, 0.6) is 5.75 Å². The molecule has 0 saturated carbocycles. The zero-order valence-corrected chi connectivity index (χ0v) is 15.8. The van der Waals surface area contributed by atoms with Gasteiger partial charge in [0.1, 0.15) is 12.0 Å². The topological polar surface area (TPSA) is 55.4 Å². The second-order valence-electron chi connectivity index (χ2n) is 6.12. The molecule has 0 aromatic heterocycles. The molecular formula is C23H25NO3.